The molecule has 1 aliphatic rings. The van der Waals surface area contributed by atoms with E-state index < -0.39 is 0 Å². The lowest BCUT2D eigenvalue weighted by molar-refractivity contribution is -0.117. The second kappa shape index (κ2) is 8.67. The van der Waals surface area contributed by atoms with Crippen LogP contribution in [0.5, 0.6) is 5.75 Å². The average Bonchev–Trinajstić information content (AvgIpc) is 2.50. The van der Waals surface area contributed by atoms with Crippen LogP contribution in [0.4, 0.5) is 5.69 Å². The van der Waals surface area contributed by atoms with Crippen LogP contribution in [0, 0.1) is 5.92 Å². The molecule has 1 heterocycles. The third-order valence-corrected chi connectivity index (χ3v) is 3.72. The van der Waals surface area contributed by atoms with Crippen molar-refractivity contribution in [2.45, 2.75) is 39.0 Å². The monoisotopic (exact) mass is 291 g/mol. The molecule has 1 aromatic carbocycles. The molecule has 4 heteroatoms. The van der Waals surface area contributed by atoms with Gasteiger partial charge in [-0.25, -0.2) is 0 Å². The number of amides is 1. The van der Waals surface area contributed by atoms with E-state index in [0.29, 0.717) is 12.3 Å². The molecule has 0 aromatic heterocycles. The van der Waals surface area contributed by atoms with Gasteiger partial charge in [-0.1, -0.05) is 13.3 Å². The molecule has 1 aromatic rings. The highest BCUT2D eigenvalue weighted by atomic mass is 16.5. The summed E-state index contributed by atoms with van der Waals surface area (Å²) in [6, 6.07) is 7.59. The van der Waals surface area contributed by atoms with E-state index in [1.807, 2.05) is 24.3 Å². The molecule has 0 unspecified atom stereocenters. The van der Waals surface area contributed by atoms with Crippen molar-refractivity contribution in [3.8, 4) is 5.75 Å². The number of carbonyl (C=O) groups is 1. The van der Waals surface area contributed by atoms with Crippen molar-refractivity contribution in [2.24, 2.45) is 5.92 Å². The lowest BCUT2D eigenvalue weighted by atomic mass is 9.96. The molecule has 4 nitrogen and oxygen atoms in total. The lowest BCUT2D eigenvalue weighted by Crippen LogP contribution is -2.22. The van der Waals surface area contributed by atoms with Gasteiger partial charge in [0.15, 0.2) is 0 Å². The fourth-order valence-electron chi connectivity index (χ4n) is 2.39. The normalized spacial score (nSPS) is 15.7. The van der Waals surface area contributed by atoms with Gasteiger partial charge in [0.25, 0.3) is 0 Å². The second-order valence-corrected chi connectivity index (χ2v) is 5.53. The van der Waals surface area contributed by atoms with Gasteiger partial charge in [0.05, 0.1) is 6.61 Å². The third-order valence-electron chi connectivity index (χ3n) is 3.72. The third kappa shape index (κ3) is 5.76. The van der Waals surface area contributed by atoms with Crippen LogP contribution in [-0.2, 0) is 9.53 Å². The summed E-state index contributed by atoms with van der Waals surface area (Å²) in [4.78, 5) is 12.0. The van der Waals surface area contributed by atoms with Crippen molar-refractivity contribution < 1.29 is 14.3 Å². The first-order valence-corrected chi connectivity index (χ1v) is 7.88. The van der Waals surface area contributed by atoms with Gasteiger partial charge >= 0.3 is 0 Å². The van der Waals surface area contributed by atoms with E-state index in [4.69, 9.17) is 9.47 Å². The summed E-state index contributed by atoms with van der Waals surface area (Å²) in [6.45, 7) is 4.44. The maximum absolute atomic E-state index is 12.0. The Labute approximate surface area is 126 Å². The molecule has 2 rings (SSSR count). The van der Waals surface area contributed by atoms with Gasteiger partial charge in [-0.05, 0) is 49.4 Å². The minimum atomic E-state index is 0.0848. The minimum Gasteiger partial charge on any atom is -0.494 e. The number of unbranched alkanes of at least 4 members (excludes halogenated alkanes) is 1. The lowest BCUT2D eigenvalue weighted by Gasteiger charge is -2.21. The van der Waals surface area contributed by atoms with Crippen LogP contribution in [0.3, 0.4) is 0 Å². The number of benzene rings is 1. The Hall–Kier alpha value is -1.55. The molecule has 0 spiro atoms. The summed E-state index contributed by atoms with van der Waals surface area (Å²) in [6.07, 6.45) is 4.73. The Morgan fingerprint density at radius 1 is 1.29 bits per heavy atom. The van der Waals surface area contributed by atoms with Crippen molar-refractivity contribution in [1.29, 1.82) is 0 Å². The number of ether oxygens (including phenoxy) is 2. The zero-order chi connectivity index (χ0) is 14.9. The highest BCUT2D eigenvalue weighted by Gasteiger charge is 2.17. The largest absolute Gasteiger partial charge is 0.494 e. The Balaban J connectivity index is 1.75. The summed E-state index contributed by atoms with van der Waals surface area (Å²) in [7, 11) is 0. The topological polar surface area (TPSA) is 47.6 Å². The fourth-order valence-corrected chi connectivity index (χ4v) is 2.39. The van der Waals surface area contributed by atoms with Gasteiger partial charge in [0.2, 0.25) is 5.91 Å². The quantitative estimate of drug-likeness (QED) is 0.780. The molecular weight excluding hydrogens is 266 g/mol. The predicted octanol–water partition coefficient (Wildman–Crippen LogP) is 3.62. The summed E-state index contributed by atoms with van der Waals surface area (Å²) in [5, 5.41) is 2.95. The Morgan fingerprint density at radius 2 is 2.00 bits per heavy atom. The van der Waals surface area contributed by atoms with Crippen LogP contribution in [0.15, 0.2) is 24.3 Å². The maximum atomic E-state index is 12.0. The Bertz CT molecular complexity index is 424. The summed E-state index contributed by atoms with van der Waals surface area (Å²) in [5.41, 5.74) is 0.829. The molecule has 0 radical (unpaired) electrons. The number of hydrogen-bond donors (Lipinski definition) is 1. The van der Waals surface area contributed by atoms with Crippen molar-refractivity contribution in [3.05, 3.63) is 24.3 Å². The number of carbonyl (C=O) groups excluding carboxylic acids is 1. The van der Waals surface area contributed by atoms with E-state index in [0.717, 1.165) is 56.9 Å². The molecule has 0 atom stereocenters. The molecule has 1 N–H and O–H groups in total. The SMILES string of the molecule is CCCCOc1ccc(NC(=O)CC2CCOCC2)cc1. The first-order chi connectivity index (χ1) is 10.3. The minimum absolute atomic E-state index is 0.0848. The van der Waals surface area contributed by atoms with E-state index in [2.05, 4.69) is 12.2 Å². The highest BCUT2D eigenvalue weighted by molar-refractivity contribution is 5.90. The van der Waals surface area contributed by atoms with Crippen LogP contribution < -0.4 is 10.1 Å². The van der Waals surface area contributed by atoms with Crippen LogP contribution in [0.2, 0.25) is 0 Å². The van der Waals surface area contributed by atoms with E-state index in [1.165, 1.54) is 0 Å². The maximum Gasteiger partial charge on any atom is 0.224 e. The van der Waals surface area contributed by atoms with Crippen LogP contribution in [0.1, 0.15) is 39.0 Å². The van der Waals surface area contributed by atoms with E-state index in [9.17, 15) is 4.79 Å². The van der Waals surface area contributed by atoms with E-state index in [1.54, 1.807) is 0 Å². The van der Waals surface area contributed by atoms with Gasteiger partial charge in [-0.15, -0.1) is 0 Å². The highest BCUT2D eigenvalue weighted by Crippen LogP contribution is 2.20. The van der Waals surface area contributed by atoms with Crippen molar-refractivity contribution >= 4 is 11.6 Å². The number of anilines is 1. The zero-order valence-electron chi connectivity index (χ0n) is 12.8. The first-order valence-electron chi connectivity index (χ1n) is 7.88. The molecule has 0 aliphatic carbocycles. The molecule has 116 valence electrons. The predicted molar refractivity (Wildman–Crippen MR) is 83.6 cm³/mol. The molecule has 21 heavy (non-hydrogen) atoms. The first kappa shape index (κ1) is 15.8. The number of hydrogen-bond acceptors (Lipinski definition) is 3. The van der Waals surface area contributed by atoms with Gasteiger partial charge in [-0.2, -0.15) is 0 Å². The molecule has 0 bridgehead atoms. The fraction of sp³-hybridized carbons (Fsp3) is 0.588. The van der Waals surface area contributed by atoms with Crippen LogP contribution in [0.25, 0.3) is 0 Å². The van der Waals surface area contributed by atoms with Crippen molar-refractivity contribution in [3.63, 3.8) is 0 Å². The van der Waals surface area contributed by atoms with Gasteiger partial charge < -0.3 is 14.8 Å². The smallest absolute Gasteiger partial charge is 0.224 e. The van der Waals surface area contributed by atoms with E-state index >= 15 is 0 Å². The van der Waals surface area contributed by atoms with Gasteiger partial charge in [0, 0.05) is 25.3 Å². The van der Waals surface area contributed by atoms with E-state index in [-0.39, 0.29) is 5.91 Å². The molecule has 1 aliphatic heterocycles. The molecule has 1 saturated heterocycles. The number of nitrogens with one attached hydrogen (secondary N) is 1. The van der Waals surface area contributed by atoms with Crippen LogP contribution in [-0.4, -0.2) is 25.7 Å². The van der Waals surface area contributed by atoms with Gasteiger partial charge in [0.1, 0.15) is 5.75 Å². The van der Waals surface area contributed by atoms with Crippen molar-refractivity contribution in [2.75, 3.05) is 25.1 Å². The second-order valence-electron chi connectivity index (χ2n) is 5.53. The average molecular weight is 291 g/mol. The summed E-state index contributed by atoms with van der Waals surface area (Å²) >= 11 is 0. The summed E-state index contributed by atoms with van der Waals surface area (Å²) < 4.78 is 10.9. The summed E-state index contributed by atoms with van der Waals surface area (Å²) in [5.74, 6) is 1.39. The zero-order valence-corrected chi connectivity index (χ0v) is 12.8. The molecule has 1 amide bonds. The van der Waals surface area contributed by atoms with Gasteiger partial charge in [-0.3, -0.25) is 4.79 Å². The van der Waals surface area contributed by atoms with Crippen LogP contribution >= 0.6 is 0 Å². The Kier molecular flexibility index (Phi) is 6.54. The number of rotatable bonds is 7. The molecule has 1 fully saturated rings. The Morgan fingerprint density at radius 3 is 2.67 bits per heavy atom. The van der Waals surface area contributed by atoms with Crippen molar-refractivity contribution in [1.82, 2.24) is 0 Å². The standard InChI is InChI=1S/C17H25NO3/c1-2-3-10-21-16-6-4-15(5-7-16)18-17(19)13-14-8-11-20-12-9-14/h4-7,14H,2-3,8-13H2,1H3,(H,18,19). The molecule has 0 saturated carbocycles. The molecular formula is C17H25NO3.